The molecule has 3 aromatic rings. The Morgan fingerprint density at radius 2 is 1.81 bits per heavy atom. The molecule has 6 nitrogen and oxygen atoms in total. The van der Waals surface area contributed by atoms with Gasteiger partial charge in [0.2, 0.25) is 0 Å². The SMILES string of the molecule is CCOC(=O)C1=C(C)N=c2s/c(=C\c3ccc(C)cc3)c(=O)n2C1c1ccc(OC)cc1. The van der Waals surface area contributed by atoms with Crippen molar-refractivity contribution in [3.05, 3.63) is 96.2 Å². The van der Waals surface area contributed by atoms with Crippen LogP contribution in [-0.2, 0) is 9.53 Å². The van der Waals surface area contributed by atoms with Crippen LogP contribution in [0.2, 0.25) is 0 Å². The first kappa shape index (κ1) is 21.8. The van der Waals surface area contributed by atoms with E-state index < -0.39 is 12.0 Å². The molecule has 1 unspecified atom stereocenters. The molecule has 0 saturated carbocycles. The van der Waals surface area contributed by atoms with Crippen molar-refractivity contribution in [1.82, 2.24) is 4.57 Å². The number of hydrogen-bond acceptors (Lipinski definition) is 6. The fourth-order valence-corrected chi connectivity index (χ4v) is 4.75. The Bertz CT molecular complexity index is 1360. The standard InChI is InChI=1S/C25H24N2O4S/c1-5-31-24(29)21-16(3)26-25-27(22(21)18-10-12-19(30-4)13-11-18)23(28)20(32-25)14-17-8-6-15(2)7-9-17/h6-14,22H,5H2,1-4H3/b20-14-. The topological polar surface area (TPSA) is 69.9 Å². The van der Waals surface area contributed by atoms with E-state index in [0.717, 1.165) is 16.7 Å². The van der Waals surface area contributed by atoms with Crippen LogP contribution in [0.15, 0.2) is 69.6 Å². The maximum Gasteiger partial charge on any atom is 0.338 e. The highest BCUT2D eigenvalue weighted by Crippen LogP contribution is 2.31. The minimum Gasteiger partial charge on any atom is -0.497 e. The van der Waals surface area contributed by atoms with Crippen molar-refractivity contribution >= 4 is 23.4 Å². The Morgan fingerprint density at radius 3 is 2.44 bits per heavy atom. The molecule has 0 amide bonds. The molecule has 32 heavy (non-hydrogen) atoms. The van der Waals surface area contributed by atoms with Crippen molar-refractivity contribution in [3.8, 4) is 5.75 Å². The largest absolute Gasteiger partial charge is 0.497 e. The maximum atomic E-state index is 13.5. The van der Waals surface area contributed by atoms with Gasteiger partial charge in [-0.15, -0.1) is 0 Å². The molecule has 164 valence electrons. The van der Waals surface area contributed by atoms with Gasteiger partial charge >= 0.3 is 5.97 Å². The van der Waals surface area contributed by atoms with Crippen molar-refractivity contribution in [2.45, 2.75) is 26.8 Å². The minimum atomic E-state index is -0.628. The molecule has 0 fully saturated rings. The molecule has 1 aliphatic rings. The third-order valence-corrected chi connectivity index (χ3v) is 6.31. The molecule has 1 atom stereocenters. The number of fused-ring (bicyclic) bond motifs is 1. The molecule has 0 saturated heterocycles. The van der Waals surface area contributed by atoms with Crippen molar-refractivity contribution in [2.24, 2.45) is 4.99 Å². The van der Waals surface area contributed by atoms with Gasteiger partial charge in [-0.2, -0.15) is 0 Å². The zero-order valence-corrected chi connectivity index (χ0v) is 19.2. The van der Waals surface area contributed by atoms with E-state index in [1.807, 2.05) is 61.5 Å². The Hall–Kier alpha value is -3.45. The van der Waals surface area contributed by atoms with Crippen LogP contribution in [0.25, 0.3) is 6.08 Å². The number of aryl methyl sites for hydroxylation is 1. The van der Waals surface area contributed by atoms with Gasteiger partial charge in [0.05, 0.1) is 35.6 Å². The Balaban J connectivity index is 1.93. The summed E-state index contributed by atoms with van der Waals surface area (Å²) in [6.07, 6.45) is 1.86. The van der Waals surface area contributed by atoms with Gasteiger partial charge in [-0.05, 0) is 50.1 Å². The van der Waals surface area contributed by atoms with Gasteiger partial charge < -0.3 is 9.47 Å². The number of methoxy groups -OCH3 is 1. The van der Waals surface area contributed by atoms with E-state index in [1.165, 1.54) is 11.3 Å². The molecular weight excluding hydrogens is 424 g/mol. The first-order valence-electron chi connectivity index (χ1n) is 10.3. The maximum absolute atomic E-state index is 13.5. The number of rotatable bonds is 5. The van der Waals surface area contributed by atoms with E-state index in [0.29, 0.717) is 26.4 Å². The number of carbonyl (C=O) groups excluding carboxylic acids is 1. The molecular formula is C25H24N2O4S. The molecule has 4 rings (SSSR count). The lowest BCUT2D eigenvalue weighted by Crippen LogP contribution is -2.39. The summed E-state index contributed by atoms with van der Waals surface area (Å²) in [5.74, 6) is 0.223. The highest BCUT2D eigenvalue weighted by molar-refractivity contribution is 7.07. The van der Waals surface area contributed by atoms with Crippen LogP contribution in [0.1, 0.15) is 36.6 Å². The average molecular weight is 449 g/mol. The predicted octanol–water partition coefficient (Wildman–Crippen LogP) is 3.12. The predicted molar refractivity (Wildman–Crippen MR) is 125 cm³/mol. The molecule has 1 aromatic heterocycles. The van der Waals surface area contributed by atoms with Crippen LogP contribution in [0.3, 0.4) is 0 Å². The van der Waals surface area contributed by atoms with Crippen molar-refractivity contribution in [3.63, 3.8) is 0 Å². The summed E-state index contributed by atoms with van der Waals surface area (Å²) in [7, 11) is 1.59. The summed E-state index contributed by atoms with van der Waals surface area (Å²) in [5, 5.41) is 0. The van der Waals surface area contributed by atoms with Gasteiger partial charge in [-0.1, -0.05) is 53.3 Å². The summed E-state index contributed by atoms with van der Waals surface area (Å²) in [6, 6.07) is 14.7. The number of nitrogens with zero attached hydrogens (tertiary/aromatic N) is 2. The Kier molecular flexibility index (Phi) is 6.10. The summed E-state index contributed by atoms with van der Waals surface area (Å²) in [5.41, 5.74) is 3.59. The number of thiazole rings is 1. The monoisotopic (exact) mass is 448 g/mol. The van der Waals surface area contributed by atoms with E-state index in [-0.39, 0.29) is 12.2 Å². The van der Waals surface area contributed by atoms with Crippen LogP contribution in [0.5, 0.6) is 5.75 Å². The molecule has 2 heterocycles. The normalized spacial score (nSPS) is 15.9. The van der Waals surface area contributed by atoms with Crippen LogP contribution < -0.4 is 19.6 Å². The summed E-state index contributed by atoms with van der Waals surface area (Å²) >= 11 is 1.32. The number of benzene rings is 2. The number of aromatic nitrogens is 1. The molecule has 0 radical (unpaired) electrons. The minimum absolute atomic E-state index is 0.190. The number of carbonyl (C=O) groups is 1. The van der Waals surface area contributed by atoms with E-state index in [2.05, 4.69) is 4.99 Å². The lowest BCUT2D eigenvalue weighted by molar-refractivity contribution is -0.139. The average Bonchev–Trinajstić information content (AvgIpc) is 3.09. The fourth-order valence-electron chi connectivity index (χ4n) is 3.71. The number of hydrogen-bond donors (Lipinski definition) is 0. The van der Waals surface area contributed by atoms with Gasteiger partial charge in [-0.3, -0.25) is 9.36 Å². The molecule has 0 spiro atoms. The van der Waals surface area contributed by atoms with Crippen molar-refractivity contribution < 1.29 is 14.3 Å². The van der Waals surface area contributed by atoms with Gasteiger partial charge in [0, 0.05) is 0 Å². The zero-order valence-electron chi connectivity index (χ0n) is 18.4. The quantitative estimate of drug-likeness (QED) is 0.563. The van der Waals surface area contributed by atoms with Crippen LogP contribution >= 0.6 is 11.3 Å². The van der Waals surface area contributed by atoms with E-state index in [9.17, 15) is 9.59 Å². The molecule has 2 aromatic carbocycles. The molecule has 0 N–H and O–H groups in total. The first-order chi connectivity index (χ1) is 15.4. The number of esters is 1. The molecule has 1 aliphatic heterocycles. The van der Waals surface area contributed by atoms with Crippen LogP contribution in [0.4, 0.5) is 0 Å². The van der Waals surface area contributed by atoms with Crippen molar-refractivity contribution in [1.29, 1.82) is 0 Å². The Labute approximate surface area is 189 Å². The molecule has 0 aliphatic carbocycles. The first-order valence-corrected chi connectivity index (χ1v) is 11.1. The Morgan fingerprint density at radius 1 is 1.12 bits per heavy atom. The van der Waals surface area contributed by atoms with E-state index in [4.69, 9.17) is 9.47 Å². The molecule has 7 heteroatoms. The lowest BCUT2D eigenvalue weighted by atomic mass is 9.96. The van der Waals surface area contributed by atoms with Crippen molar-refractivity contribution in [2.75, 3.05) is 13.7 Å². The summed E-state index contributed by atoms with van der Waals surface area (Å²) in [4.78, 5) is 31.5. The van der Waals surface area contributed by atoms with Gasteiger partial charge in [0.25, 0.3) is 5.56 Å². The zero-order chi connectivity index (χ0) is 22.8. The second-order valence-corrected chi connectivity index (χ2v) is 8.50. The molecule has 0 bridgehead atoms. The van der Waals surface area contributed by atoms with Gasteiger partial charge in [-0.25, -0.2) is 9.79 Å². The highest BCUT2D eigenvalue weighted by Gasteiger charge is 2.33. The third kappa shape index (κ3) is 4.03. The third-order valence-electron chi connectivity index (χ3n) is 5.32. The smallest absolute Gasteiger partial charge is 0.338 e. The van der Waals surface area contributed by atoms with Gasteiger partial charge in [0.1, 0.15) is 5.75 Å². The highest BCUT2D eigenvalue weighted by atomic mass is 32.1. The van der Waals surface area contributed by atoms with Crippen LogP contribution in [-0.4, -0.2) is 24.3 Å². The fraction of sp³-hybridized carbons (Fsp3) is 0.240. The summed E-state index contributed by atoms with van der Waals surface area (Å²) in [6.45, 7) is 5.79. The van der Waals surface area contributed by atoms with E-state index >= 15 is 0 Å². The van der Waals surface area contributed by atoms with Gasteiger partial charge in [0.15, 0.2) is 4.80 Å². The number of ether oxygens (including phenoxy) is 2. The van der Waals surface area contributed by atoms with E-state index in [1.54, 1.807) is 25.5 Å². The number of allylic oxidation sites excluding steroid dienone is 1. The lowest BCUT2D eigenvalue weighted by Gasteiger charge is -2.24. The van der Waals surface area contributed by atoms with Crippen LogP contribution in [0, 0.1) is 6.92 Å². The second-order valence-electron chi connectivity index (χ2n) is 7.49. The summed E-state index contributed by atoms with van der Waals surface area (Å²) < 4.78 is 12.7. The second kappa shape index (κ2) is 8.96.